The number of thiophene rings is 1. The Morgan fingerprint density at radius 3 is 1.35 bits per heavy atom. The molecule has 0 unspecified atom stereocenters. The zero-order valence-corrected chi connectivity index (χ0v) is 27.4. The first kappa shape index (κ1) is 29.0. The Hall–Kier alpha value is -6.16. The average molecular weight is 643 g/mol. The van der Waals surface area contributed by atoms with Crippen LogP contribution in [0, 0.1) is 0 Å². The van der Waals surface area contributed by atoms with Crippen LogP contribution in [0.5, 0.6) is 0 Å². The second kappa shape index (κ2) is 12.5. The van der Waals surface area contributed by atoms with Crippen molar-refractivity contribution in [3.8, 4) is 67.3 Å². The van der Waals surface area contributed by atoms with E-state index in [1.807, 2.05) is 17.4 Å². The minimum Gasteiger partial charge on any atom is -0.228 e. The van der Waals surface area contributed by atoms with Crippen molar-refractivity contribution in [2.75, 3.05) is 0 Å². The Bertz CT molecular complexity index is 2510. The molecule has 0 aliphatic carbocycles. The van der Waals surface area contributed by atoms with Gasteiger partial charge in [-0.15, -0.1) is 11.3 Å². The average Bonchev–Trinajstić information content (AvgIpc) is 3.57. The third kappa shape index (κ3) is 5.71. The largest absolute Gasteiger partial charge is 0.228 e. The Kier molecular flexibility index (Phi) is 7.38. The number of hydrogen-bond donors (Lipinski definition) is 0. The number of benzene rings is 7. The highest BCUT2D eigenvalue weighted by molar-refractivity contribution is 7.25. The lowest BCUT2D eigenvalue weighted by Crippen LogP contribution is -1.96. The molecule has 3 heteroatoms. The summed E-state index contributed by atoms with van der Waals surface area (Å²) >= 11 is 1.83. The molecule has 2 nitrogen and oxygen atoms in total. The fraction of sp³-hybridized carbons (Fsp3) is 0. The summed E-state index contributed by atoms with van der Waals surface area (Å²) < 4.78 is 2.56. The molecule has 0 bridgehead atoms. The van der Waals surface area contributed by atoms with E-state index in [2.05, 4.69) is 176 Å². The van der Waals surface area contributed by atoms with Crippen LogP contribution < -0.4 is 0 Å². The van der Waals surface area contributed by atoms with Crippen molar-refractivity contribution in [2.24, 2.45) is 0 Å². The topological polar surface area (TPSA) is 25.8 Å². The van der Waals surface area contributed by atoms with E-state index in [0.717, 1.165) is 33.6 Å². The maximum atomic E-state index is 5.16. The predicted octanol–water partition coefficient (Wildman–Crippen LogP) is 12.8. The van der Waals surface area contributed by atoms with Crippen molar-refractivity contribution in [1.82, 2.24) is 9.97 Å². The fourth-order valence-electron chi connectivity index (χ4n) is 6.57. The van der Waals surface area contributed by atoms with E-state index in [-0.39, 0.29) is 0 Å². The fourth-order valence-corrected chi connectivity index (χ4v) is 7.71. The predicted molar refractivity (Wildman–Crippen MR) is 208 cm³/mol. The highest BCUT2D eigenvalue weighted by atomic mass is 32.1. The molecule has 230 valence electrons. The smallest absolute Gasteiger partial charge is 0.160 e. The second-order valence-corrected chi connectivity index (χ2v) is 13.3. The monoisotopic (exact) mass is 642 g/mol. The first-order valence-corrected chi connectivity index (χ1v) is 17.3. The van der Waals surface area contributed by atoms with E-state index < -0.39 is 0 Å². The summed E-state index contributed by atoms with van der Waals surface area (Å²) in [4.78, 5) is 10.3. The van der Waals surface area contributed by atoms with Gasteiger partial charge in [-0.25, -0.2) is 9.97 Å². The number of nitrogens with zero attached hydrogens (tertiary/aromatic N) is 2. The van der Waals surface area contributed by atoms with Gasteiger partial charge in [-0.05, 0) is 69.8 Å². The molecule has 0 atom stereocenters. The number of rotatable bonds is 6. The van der Waals surface area contributed by atoms with Crippen molar-refractivity contribution >= 4 is 31.5 Å². The Balaban J connectivity index is 1.13. The number of hydrogen-bond acceptors (Lipinski definition) is 3. The van der Waals surface area contributed by atoms with Gasteiger partial charge in [0, 0.05) is 36.9 Å². The van der Waals surface area contributed by atoms with E-state index in [4.69, 9.17) is 9.97 Å². The van der Waals surface area contributed by atoms with Crippen LogP contribution in [0.15, 0.2) is 182 Å². The normalized spacial score (nSPS) is 11.3. The quantitative estimate of drug-likeness (QED) is 0.180. The van der Waals surface area contributed by atoms with Gasteiger partial charge in [0.25, 0.3) is 0 Å². The summed E-state index contributed by atoms with van der Waals surface area (Å²) in [7, 11) is 0. The van der Waals surface area contributed by atoms with Crippen LogP contribution >= 0.6 is 11.3 Å². The molecule has 9 aromatic rings. The standard InChI is InChI=1S/C46H30N2S/c1-4-12-31(13-5-1)37-26-38(32-14-6-2-7-15-32)28-39(27-37)33-20-22-35(23-21-33)46-47-42(34-16-8-3-9-17-34)30-43(48-46)36-24-25-41-40-18-10-11-19-44(40)49-45(41)29-36/h1-30H. The van der Waals surface area contributed by atoms with Gasteiger partial charge in [0.1, 0.15) is 0 Å². The van der Waals surface area contributed by atoms with E-state index in [1.54, 1.807) is 0 Å². The zero-order chi connectivity index (χ0) is 32.6. The van der Waals surface area contributed by atoms with Gasteiger partial charge in [0.05, 0.1) is 11.4 Å². The molecule has 7 aromatic carbocycles. The van der Waals surface area contributed by atoms with Crippen LogP contribution in [0.25, 0.3) is 87.5 Å². The van der Waals surface area contributed by atoms with E-state index in [0.29, 0.717) is 5.82 Å². The highest BCUT2D eigenvalue weighted by Crippen LogP contribution is 2.38. The van der Waals surface area contributed by atoms with Crippen LogP contribution in [0.1, 0.15) is 0 Å². The van der Waals surface area contributed by atoms with Crippen LogP contribution in [0.3, 0.4) is 0 Å². The summed E-state index contributed by atoms with van der Waals surface area (Å²) in [5.74, 6) is 0.711. The van der Waals surface area contributed by atoms with E-state index in [9.17, 15) is 0 Å². The van der Waals surface area contributed by atoms with Crippen LogP contribution in [0.2, 0.25) is 0 Å². The second-order valence-electron chi connectivity index (χ2n) is 12.2. The van der Waals surface area contributed by atoms with Gasteiger partial charge in [0.2, 0.25) is 0 Å². The first-order chi connectivity index (χ1) is 24.2. The molecule has 0 aliphatic heterocycles. The molecule has 9 rings (SSSR count). The molecule has 2 heterocycles. The summed E-state index contributed by atoms with van der Waals surface area (Å²) in [6.07, 6.45) is 0. The number of fused-ring (bicyclic) bond motifs is 3. The molecule has 0 N–H and O–H groups in total. The van der Waals surface area contributed by atoms with Crippen LogP contribution in [0.4, 0.5) is 0 Å². The molecular formula is C46H30N2S. The van der Waals surface area contributed by atoms with Gasteiger partial charge in [-0.1, -0.05) is 146 Å². The van der Waals surface area contributed by atoms with Crippen molar-refractivity contribution in [3.63, 3.8) is 0 Å². The minimum atomic E-state index is 0.711. The van der Waals surface area contributed by atoms with Gasteiger partial charge < -0.3 is 0 Å². The lowest BCUT2D eigenvalue weighted by Gasteiger charge is -2.12. The lowest BCUT2D eigenvalue weighted by atomic mass is 9.93. The number of aromatic nitrogens is 2. The van der Waals surface area contributed by atoms with Gasteiger partial charge in [-0.2, -0.15) is 0 Å². The minimum absolute atomic E-state index is 0.711. The van der Waals surface area contributed by atoms with E-state index >= 15 is 0 Å². The Morgan fingerprint density at radius 1 is 0.286 bits per heavy atom. The maximum Gasteiger partial charge on any atom is 0.160 e. The molecule has 0 spiro atoms. The van der Waals surface area contributed by atoms with E-state index in [1.165, 1.54) is 48.0 Å². The highest BCUT2D eigenvalue weighted by Gasteiger charge is 2.14. The molecule has 0 radical (unpaired) electrons. The third-order valence-electron chi connectivity index (χ3n) is 9.09. The summed E-state index contributed by atoms with van der Waals surface area (Å²) in [5, 5.41) is 2.58. The molecule has 49 heavy (non-hydrogen) atoms. The summed E-state index contributed by atoms with van der Waals surface area (Å²) in [6.45, 7) is 0. The SMILES string of the molecule is c1ccc(-c2cc(-c3ccccc3)cc(-c3ccc(-c4nc(-c5ccccc5)cc(-c5ccc6c(c5)sc5ccccc56)n4)cc3)c2)cc1. The third-order valence-corrected chi connectivity index (χ3v) is 10.2. The van der Waals surface area contributed by atoms with Crippen molar-refractivity contribution in [3.05, 3.63) is 182 Å². The molecule has 0 aliphatic rings. The van der Waals surface area contributed by atoms with Gasteiger partial charge in [-0.3, -0.25) is 0 Å². The summed E-state index contributed by atoms with van der Waals surface area (Å²) in [6, 6.07) is 64.5. The molecule has 0 fully saturated rings. The van der Waals surface area contributed by atoms with Crippen LogP contribution in [-0.2, 0) is 0 Å². The molecular weight excluding hydrogens is 613 g/mol. The van der Waals surface area contributed by atoms with Crippen molar-refractivity contribution in [2.45, 2.75) is 0 Å². The molecule has 0 saturated carbocycles. The van der Waals surface area contributed by atoms with Gasteiger partial charge in [0.15, 0.2) is 5.82 Å². The molecule has 0 amide bonds. The Morgan fingerprint density at radius 2 is 0.735 bits per heavy atom. The van der Waals surface area contributed by atoms with Crippen LogP contribution in [-0.4, -0.2) is 9.97 Å². The van der Waals surface area contributed by atoms with Crippen molar-refractivity contribution in [1.29, 1.82) is 0 Å². The summed E-state index contributed by atoms with van der Waals surface area (Å²) in [5.41, 5.74) is 12.1. The maximum absolute atomic E-state index is 5.16. The first-order valence-electron chi connectivity index (χ1n) is 16.5. The Labute approximate surface area is 289 Å². The van der Waals surface area contributed by atoms with Crippen molar-refractivity contribution < 1.29 is 0 Å². The van der Waals surface area contributed by atoms with Gasteiger partial charge >= 0.3 is 0 Å². The zero-order valence-electron chi connectivity index (χ0n) is 26.6. The molecule has 2 aromatic heterocycles. The molecule has 0 saturated heterocycles. The lowest BCUT2D eigenvalue weighted by molar-refractivity contribution is 1.18.